The van der Waals surface area contributed by atoms with Gasteiger partial charge >= 0.3 is 6.03 Å². The highest BCUT2D eigenvalue weighted by Crippen LogP contribution is 2.29. The van der Waals surface area contributed by atoms with Gasteiger partial charge in [0, 0.05) is 39.0 Å². The van der Waals surface area contributed by atoms with E-state index in [4.69, 9.17) is 11.6 Å². The van der Waals surface area contributed by atoms with Crippen LogP contribution >= 0.6 is 11.6 Å². The molecular formula is C35H25ClN4O9S2. The summed E-state index contributed by atoms with van der Waals surface area (Å²) in [5.74, 6) is -1.37. The highest BCUT2D eigenvalue weighted by molar-refractivity contribution is 7.86. The van der Waals surface area contributed by atoms with Gasteiger partial charge in [0.05, 0.1) is 20.5 Å². The second-order valence-corrected chi connectivity index (χ2v) is 14.3. The van der Waals surface area contributed by atoms with Crippen LogP contribution in [0.15, 0.2) is 125 Å². The SMILES string of the molecule is O=C(Nc1cc(C(=O)Nc2cccc3cc(S(=O)(=O)O)ccc23)cc(C(=O)Nc2cccc3cc(S(=O)(=O)O)ccc23)c1)Nc1ccccc1Cl. The number of fused-ring (bicyclic) bond motifs is 2. The topological polar surface area (TPSA) is 208 Å². The molecule has 13 nitrogen and oxygen atoms in total. The van der Waals surface area contributed by atoms with Crippen molar-refractivity contribution < 1.29 is 40.3 Å². The van der Waals surface area contributed by atoms with E-state index < -0.39 is 38.1 Å². The lowest BCUT2D eigenvalue weighted by Gasteiger charge is -2.14. The first-order valence-corrected chi connectivity index (χ1v) is 18.0. The fraction of sp³-hybridized carbons (Fsp3) is 0. The van der Waals surface area contributed by atoms with Gasteiger partial charge in [-0.15, -0.1) is 0 Å². The third kappa shape index (κ3) is 7.98. The number of para-hydroxylation sites is 1. The van der Waals surface area contributed by atoms with Crippen molar-refractivity contribution in [2.24, 2.45) is 0 Å². The summed E-state index contributed by atoms with van der Waals surface area (Å²) in [5.41, 5.74) is 0.866. The van der Waals surface area contributed by atoms with E-state index >= 15 is 0 Å². The molecule has 0 heterocycles. The summed E-state index contributed by atoms with van der Waals surface area (Å²) in [6.45, 7) is 0. The van der Waals surface area contributed by atoms with Gasteiger partial charge < -0.3 is 21.3 Å². The quantitative estimate of drug-likeness (QED) is 0.0864. The standard InChI is InChI=1S/C35H25ClN4O9S2/c36-29-7-1-2-8-32(29)40-35(43)37-24-16-22(33(41)38-30-9-3-5-20-18-25(50(44,45)46)11-13-27(20)30)15-23(17-24)34(42)39-31-10-4-6-21-19-26(51(47,48)49)12-14-28(21)31/h1-19H,(H,38,41)(H,39,42)(H2,37,40,43)(H,44,45,46)(H,47,48,49). The third-order valence-corrected chi connectivity index (χ3v) is 9.66. The Morgan fingerprint density at radius 2 is 0.980 bits per heavy atom. The zero-order chi connectivity index (χ0) is 36.5. The summed E-state index contributed by atoms with van der Waals surface area (Å²) in [6, 6.07) is 27.0. The molecule has 6 aromatic rings. The Morgan fingerprint density at radius 3 is 1.45 bits per heavy atom. The molecule has 0 saturated heterocycles. The van der Waals surface area contributed by atoms with Crippen LogP contribution < -0.4 is 21.3 Å². The number of hydrogen-bond donors (Lipinski definition) is 6. The van der Waals surface area contributed by atoms with E-state index in [1.807, 2.05) is 0 Å². The van der Waals surface area contributed by atoms with Crippen LogP contribution in [0.2, 0.25) is 5.02 Å². The maximum atomic E-state index is 13.7. The molecule has 0 atom stereocenters. The maximum Gasteiger partial charge on any atom is 0.323 e. The first-order valence-electron chi connectivity index (χ1n) is 14.8. The van der Waals surface area contributed by atoms with Gasteiger partial charge in [-0.1, -0.05) is 60.1 Å². The largest absolute Gasteiger partial charge is 0.323 e. The smallest absolute Gasteiger partial charge is 0.321 e. The molecule has 4 amide bonds. The number of carbonyl (C=O) groups excluding carboxylic acids is 3. The molecule has 6 aromatic carbocycles. The summed E-state index contributed by atoms with van der Waals surface area (Å²) >= 11 is 6.17. The van der Waals surface area contributed by atoms with E-state index in [9.17, 15) is 40.3 Å². The molecule has 16 heteroatoms. The van der Waals surface area contributed by atoms with Crippen LogP contribution in [-0.2, 0) is 20.2 Å². The molecule has 0 radical (unpaired) electrons. The Bertz CT molecular complexity index is 2490. The van der Waals surface area contributed by atoms with Gasteiger partial charge in [-0.2, -0.15) is 16.8 Å². The number of carbonyl (C=O) groups is 3. The van der Waals surface area contributed by atoms with Crippen LogP contribution in [0.4, 0.5) is 27.5 Å². The fourth-order valence-corrected chi connectivity index (χ4v) is 6.48. The van der Waals surface area contributed by atoms with Crippen molar-refractivity contribution in [2.75, 3.05) is 21.3 Å². The van der Waals surface area contributed by atoms with E-state index in [2.05, 4.69) is 21.3 Å². The predicted molar refractivity (Wildman–Crippen MR) is 194 cm³/mol. The number of urea groups is 1. The molecule has 0 spiro atoms. The lowest BCUT2D eigenvalue weighted by molar-refractivity contribution is 0.102. The van der Waals surface area contributed by atoms with Crippen molar-refractivity contribution in [3.05, 3.63) is 131 Å². The van der Waals surface area contributed by atoms with Crippen LogP contribution in [0.5, 0.6) is 0 Å². The van der Waals surface area contributed by atoms with Gasteiger partial charge in [-0.25, -0.2) is 4.79 Å². The molecule has 0 bridgehead atoms. The summed E-state index contributed by atoms with van der Waals surface area (Å²) in [7, 11) is -8.95. The Hall–Kier alpha value is -5.84. The molecule has 0 aliphatic carbocycles. The maximum absolute atomic E-state index is 13.7. The van der Waals surface area contributed by atoms with Crippen LogP contribution in [0, 0.1) is 0 Å². The normalized spacial score (nSPS) is 11.6. The average Bonchev–Trinajstić information content (AvgIpc) is 3.08. The molecule has 258 valence electrons. The number of hydrogen-bond acceptors (Lipinski definition) is 7. The lowest BCUT2D eigenvalue weighted by atomic mass is 10.1. The number of benzene rings is 6. The van der Waals surface area contributed by atoms with E-state index in [0.29, 0.717) is 38.6 Å². The van der Waals surface area contributed by atoms with Crippen molar-refractivity contribution in [1.82, 2.24) is 0 Å². The molecule has 0 fully saturated rings. The van der Waals surface area contributed by atoms with Crippen molar-refractivity contribution in [1.29, 1.82) is 0 Å². The van der Waals surface area contributed by atoms with E-state index in [1.165, 1.54) is 54.6 Å². The number of amides is 4. The molecule has 51 heavy (non-hydrogen) atoms. The van der Waals surface area contributed by atoms with Crippen molar-refractivity contribution in [3.63, 3.8) is 0 Å². The number of rotatable bonds is 8. The Labute approximate surface area is 295 Å². The molecule has 0 unspecified atom stereocenters. The van der Waals surface area contributed by atoms with Crippen molar-refractivity contribution >= 4 is 94.0 Å². The molecule has 0 saturated carbocycles. The van der Waals surface area contributed by atoms with Crippen LogP contribution in [0.25, 0.3) is 21.5 Å². The van der Waals surface area contributed by atoms with Gasteiger partial charge in [-0.05, 0) is 77.5 Å². The van der Waals surface area contributed by atoms with Gasteiger partial charge in [0.15, 0.2) is 0 Å². The molecule has 0 aliphatic heterocycles. The Kier molecular flexibility index (Phi) is 9.48. The molecule has 0 aliphatic rings. The molecular weight excluding hydrogens is 720 g/mol. The van der Waals surface area contributed by atoms with Gasteiger partial charge in [0.1, 0.15) is 0 Å². The van der Waals surface area contributed by atoms with E-state index in [0.717, 1.165) is 0 Å². The molecule has 6 rings (SSSR count). The van der Waals surface area contributed by atoms with Gasteiger partial charge in [-0.3, -0.25) is 18.7 Å². The molecule has 0 aromatic heterocycles. The summed E-state index contributed by atoms with van der Waals surface area (Å²) in [4.78, 5) is 39.7. The highest BCUT2D eigenvalue weighted by Gasteiger charge is 2.19. The van der Waals surface area contributed by atoms with Gasteiger partial charge in [0.2, 0.25) is 0 Å². The lowest BCUT2D eigenvalue weighted by Crippen LogP contribution is -2.21. The minimum atomic E-state index is -4.47. The van der Waals surface area contributed by atoms with Crippen molar-refractivity contribution in [2.45, 2.75) is 9.79 Å². The van der Waals surface area contributed by atoms with Crippen LogP contribution in [-0.4, -0.2) is 43.8 Å². The second kappa shape index (κ2) is 13.8. The zero-order valence-electron chi connectivity index (χ0n) is 25.9. The van der Waals surface area contributed by atoms with Gasteiger partial charge in [0.25, 0.3) is 32.1 Å². The first-order chi connectivity index (χ1) is 24.2. The third-order valence-electron chi connectivity index (χ3n) is 7.63. The van der Waals surface area contributed by atoms with Crippen molar-refractivity contribution in [3.8, 4) is 0 Å². The Morgan fingerprint density at radius 1 is 0.510 bits per heavy atom. The average molecular weight is 745 g/mol. The first kappa shape index (κ1) is 35.0. The van der Waals surface area contributed by atoms with E-state index in [-0.39, 0.29) is 31.6 Å². The zero-order valence-corrected chi connectivity index (χ0v) is 28.3. The van der Waals surface area contributed by atoms with Crippen LogP contribution in [0.3, 0.4) is 0 Å². The number of halogens is 1. The summed E-state index contributed by atoms with van der Waals surface area (Å²) < 4.78 is 65.5. The fourth-order valence-electron chi connectivity index (χ4n) is 5.26. The summed E-state index contributed by atoms with van der Waals surface area (Å²) in [5, 5.41) is 12.7. The van der Waals surface area contributed by atoms with Crippen LogP contribution in [0.1, 0.15) is 20.7 Å². The van der Waals surface area contributed by atoms with E-state index in [1.54, 1.807) is 60.7 Å². The minimum Gasteiger partial charge on any atom is -0.321 e. The minimum absolute atomic E-state index is 0.0435. The second-order valence-electron chi connectivity index (χ2n) is 11.1. The molecule has 6 N–H and O–H groups in total. The number of anilines is 4. The highest BCUT2D eigenvalue weighted by atomic mass is 35.5. The number of nitrogens with one attached hydrogen (secondary N) is 4. The predicted octanol–water partition coefficient (Wildman–Crippen LogP) is 7.29. The summed E-state index contributed by atoms with van der Waals surface area (Å²) in [6.07, 6.45) is 0. The monoisotopic (exact) mass is 744 g/mol. The Balaban J connectivity index is 1.34.